The zero-order valence-electron chi connectivity index (χ0n) is 12.3. The summed E-state index contributed by atoms with van der Waals surface area (Å²) in [6, 6.07) is 0. The molecular weight excluding hydrogens is 230 g/mol. The summed E-state index contributed by atoms with van der Waals surface area (Å²) in [6.45, 7) is 11.1. The topological polar surface area (TPSA) is 49.8 Å². The maximum Gasteiger partial charge on any atom is 0.410 e. The minimum atomic E-state index is -0.453. The SMILES string of the molecule is CC(C)C[C@@H](O)[C@@H]1CCN(C(=O)OC(C)(C)C)C1. The van der Waals surface area contributed by atoms with Crippen molar-refractivity contribution in [2.24, 2.45) is 11.8 Å². The van der Waals surface area contributed by atoms with Gasteiger partial charge in [0.05, 0.1) is 6.10 Å². The van der Waals surface area contributed by atoms with E-state index in [-0.39, 0.29) is 18.1 Å². The molecule has 0 aliphatic carbocycles. The second kappa shape index (κ2) is 5.91. The van der Waals surface area contributed by atoms with Crippen LogP contribution < -0.4 is 0 Å². The molecule has 4 nitrogen and oxygen atoms in total. The average molecular weight is 257 g/mol. The van der Waals surface area contributed by atoms with Crippen LogP contribution in [0.5, 0.6) is 0 Å². The molecule has 1 saturated heterocycles. The number of amides is 1. The zero-order valence-corrected chi connectivity index (χ0v) is 12.3. The molecule has 1 heterocycles. The van der Waals surface area contributed by atoms with Crippen LogP contribution >= 0.6 is 0 Å². The van der Waals surface area contributed by atoms with E-state index in [0.29, 0.717) is 19.0 Å². The van der Waals surface area contributed by atoms with Gasteiger partial charge in [-0.15, -0.1) is 0 Å². The number of aliphatic hydroxyl groups excluding tert-OH is 1. The van der Waals surface area contributed by atoms with Crippen LogP contribution in [0.2, 0.25) is 0 Å². The summed E-state index contributed by atoms with van der Waals surface area (Å²) in [6.07, 6.45) is 1.10. The summed E-state index contributed by atoms with van der Waals surface area (Å²) in [4.78, 5) is 13.6. The van der Waals surface area contributed by atoms with E-state index in [0.717, 1.165) is 12.8 Å². The smallest absolute Gasteiger partial charge is 0.410 e. The minimum Gasteiger partial charge on any atom is -0.444 e. The Morgan fingerprint density at radius 2 is 2.06 bits per heavy atom. The second-order valence-electron chi connectivity index (χ2n) is 6.67. The number of hydrogen-bond acceptors (Lipinski definition) is 3. The average Bonchev–Trinajstić information content (AvgIpc) is 2.61. The van der Waals surface area contributed by atoms with Crippen LogP contribution in [0.3, 0.4) is 0 Å². The highest BCUT2D eigenvalue weighted by Gasteiger charge is 2.33. The Bertz CT molecular complexity index is 283. The lowest BCUT2D eigenvalue weighted by molar-refractivity contribution is 0.0262. The number of carbonyl (C=O) groups excluding carboxylic acids is 1. The Kier molecular flexibility index (Phi) is 5.02. The van der Waals surface area contributed by atoms with Gasteiger partial charge >= 0.3 is 6.09 Å². The van der Waals surface area contributed by atoms with Crippen LogP contribution in [0.4, 0.5) is 4.79 Å². The van der Waals surface area contributed by atoms with E-state index < -0.39 is 5.60 Å². The minimum absolute atomic E-state index is 0.194. The summed E-state index contributed by atoms with van der Waals surface area (Å²) in [5.41, 5.74) is -0.453. The standard InChI is InChI=1S/C14H27NO3/c1-10(2)8-12(16)11-6-7-15(9-11)13(17)18-14(3,4)5/h10-12,16H,6-9H2,1-5H3/t11-,12-/m1/s1. The highest BCUT2D eigenvalue weighted by molar-refractivity contribution is 5.68. The van der Waals surface area contributed by atoms with Gasteiger partial charge in [0.15, 0.2) is 0 Å². The van der Waals surface area contributed by atoms with Crippen molar-refractivity contribution in [3.05, 3.63) is 0 Å². The number of nitrogens with zero attached hydrogens (tertiary/aromatic N) is 1. The van der Waals surface area contributed by atoms with Crippen LogP contribution in [0.15, 0.2) is 0 Å². The molecule has 0 aromatic rings. The Morgan fingerprint density at radius 1 is 1.44 bits per heavy atom. The van der Waals surface area contributed by atoms with Gasteiger partial charge < -0.3 is 14.7 Å². The highest BCUT2D eigenvalue weighted by Crippen LogP contribution is 2.25. The Morgan fingerprint density at radius 3 is 2.56 bits per heavy atom. The normalized spacial score (nSPS) is 22.4. The summed E-state index contributed by atoms with van der Waals surface area (Å²) in [5, 5.41) is 10.1. The van der Waals surface area contributed by atoms with Crippen molar-refractivity contribution < 1.29 is 14.6 Å². The lowest BCUT2D eigenvalue weighted by Crippen LogP contribution is -2.36. The first-order valence-electron chi connectivity index (χ1n) is 6.85. The Hall–Kier alpha value is -0.770. The van der Waals surface area contributed by atoms with Gasteiger partial charge in [-0.3, -0.25) is 0 Å². The van der Waals surface area contributed by atoms with E-state index in [1.807, 2.05) is 20.8 Å². The maximum absolute atomic E-state index is 11.9. The first-order chi connectivity index (χ1) is 8.19. The van der Waals surface area contributed by atoms with E-state index in [1.54, 1.807) is 4.90 Å². The molecule has 0 radical (unpaired) electrons. The van der Waals surface area contributed by atoms with Gasteiger partial charge in [0, 0.05) is 19.0 Å². The van der Waals surface area contributed by atoms with Crippen molar-refractivity contribution in [1.82, 2.24) is 4.90 Å². The fraction of sp³-hybridized carbons (Fsp3) is 0.929. The third-order valence-corrected chi connectivity index (χ3v) is 3.13. The molecule has 0 bridgehead atoms. The van der Waals surface area contributed by atoms with Crippen LogP contribution in [0.1, 0.15) is 47.5 Å². The fourth-order valence-electron chi connectivity index (χ4n) is 2.27. The Balaban J connectivity index is 2.43. The van der Waals surface area contributed by atoms with E-state index in [2.05, 4.69) is 13.8 Å². The summed E-state index contributed by atoms with van der Waals surface area (Å²) < 4.78 is 5.34. The predicted molar refractivity (Wildman–Crippen MR) is 71.4 cm³/mol. The summed E-state index contributed by atoms with van der Waals surface area (Å²) in [7, 11) is 0. The maximum atomic E-state index is 11.9. The molecular formula is C14H27NO3. The fourth-order valence-corrected chi connectivity index (χ4v) is 2.27. The zero-order chi connectivity index (χ0) is 13.9. The van der Waals surface area contributed by atoms with E-state index in [1.165, 1.54) is 0 Å². The molecule has 4 heteroatoms. The van der Waals surface area contributed by atoms with Crippen molar-refractivity contribution in [2.75, 3.05) is 13.1 Å². The molecule has 1 amide bonds. The molecule has 0 aromatic heterocycles. The highest BCUT2D eigenvalue weighted by atomic mass is 16.6. The quantitative estimate of drug-likeness (QED) is 0.845. The number of carbonyl (C=O) groups is 1. The van der Waals surface area contributed by atoms with Crippen molar-refractivity contribution in [2.45, 2.75) is 59.2 Å². The molecule has 1 aliphatic heterocycles. The number of likely N-dealkylation sites (tertiary alicyclic amines) is 1. The summed E-state index contributed by atoms with van der Waals surface area (Å²) >= 11 is 0. The molecule has 1 N–H and O–H groups in total. The number of aliphatic hydroxyl groups is 1. The molecule has 2 atom stereocenters. The van der Waals surface area contributed by atoms with Gasteiger partial charge in [0.1, 0.15) is 5.60 Å². The monoisotopic (exact) mass is 257 g/mol. The molecule has 0 saturated carbocycles. The van der Waals surface area contributed by atoms with Crippen LogP contribution in [0, 0.1) is 11.8 Å². The summed E-state index contributed by atoms with van der Waals surface area (Å²) in [5.74, 6) is 0.676. The Labute approximate surface area is 110 Å². The van der Waals surface area contributed by atoms with Crippen molar-refractivity contribution in [1.29, 1.82) is 0 Å². The van der Waals surface area contributed by atoms with Gasteiger partial charge in [-0.2, -0.15) is 0 Å². The van der Waals surface area contributed by atoms with Crippen LogP contribution in [-0.4, -0.2) is 40.9 Å². The predicted octanol–water partition coefficient (Wildman–Crippen LogP) is 2.65. The third kappa shape index (κ3) is 4.84. The van der Waals surface area contributed by atoms with Crippen LogP contribution in [-0.2, 0) is 4.74 Å². The van der Waals surface area contributed by atoms with Crippen molar-refractivity contribution in [3.63, 3.8) is 0 Å². The lowest BCUT2D eigenvalue weighted by atomic mass is 9.94. The number of hydrogen-bond donors (Lipinski definition) is 1. The molecule has 0 aromatic carbocycles. The molecule has 0 spiro atoms. The number of ether oxygens (including phenoxy) is 1. The second-order valence-corrected chi connectivity index (χ2v) is 6.67. The van der Waals surface area contributed by atoms with E-state index in [9.17, 15) is 9.90 Å². The number of rotatable bonds is 3. The molecule has 0 unspecified atom stereocenters. The first-order valence-corrected chi connectivity index (χ1v) is 6.85. The van der Waals surface area contributed by atoms with Crippen molar-refractivity contribution >= 4 is 6.09 Å². The van der Waals surface area contributed by atoms with Crippen LogP contribution in [0.25, 0.3) is 0 Å². The first kappa shape index (κ1) is 15.3. The lowest BCUT2D eigenvalue weighted by Gasteiger charge is -2.25. The van der Waals surface area contributed by atoms with Gasteiger partial charge in [0.25, 0.3) is 0 Å². The van der Waals surface area contributed by atoms with E-state index in [4.69, 9.17) is 4.74 Å². The van der Waals surface area contributed by atoms with Gasteiger partial charge in [-0.05, 0) is 39.5 Å². The molecule has 106 valence electrons. The van der Waals surface area contributed by atoms with Gasteiger partial charge in [-0.25, -0.2) is 4.79 Å². The van der Waals surface area contributed by atoms with E-state index >= 15 is 0 Å². The molecule has 1 fully saturated rings. The molecule has 18 heavy (non-hydrogen) atoms. The largest absolute Gasteiger partial charge is 0.444 e. The van der Waals surface area contributed by atoms with Gasteiger partial charge in [0.2, 0.25) is 0 Å². The van der Waals surface area contributed by atoms with Gasteiger partial charge in [-0.1, -0.05) is 13.8 Å². The van der Waals surface area contributed by atoms with Crippen molar-refractivity contribution in [3.8, 4) is 0 Å². The third-order valence-electron chi connectivity index (χ3n) is 3.13. The molecule has 1 aliphatic rings. The molecule has 1 rings (SSSR count).